The van der Waals surface area contributed by atoms with Crippen LogP contribution in [0.1, 0.15) is 34.8 Å². The SMILES string of the molecule is CCOC(=O)[C@]1(CC(=O)c2ccccc2)NS(=O)(=O)c2ccc(C)cc21. The Hall–Kier alpha value is -2.51. The molecule has 0 amide bonds. The molecule has 1 N–H and O–H groups in total. The third-order valence-corrected chi connectivity index (χ3v) is 5.89. The second kappa shape index (κ2) is 6.66. The fourth-order valence-corrected chi connectivity index (χ4v) is 4.73. The summed E-state index contributed by atoms with van der Waals surface area (Å²) in [5.41, 5.74) is -0.330. The molecular formula is C19H19NO5S. The number of carbonyl (C=O) groups excluding carboxylic acids is 2. The van der Waals surface area contributed by atoms with Gasteiger partial charge in [-0.05, 0) is 19.9 Å². The molecule has 2 aromatic rings. The molecule has 1 aliphatic rings. The van der Waals surface area contributed by atoms with Crippen LogP contribution >= 0.6 is 0 Å². The first-order valence-electron chi connectivity index (χ1n) is 8.21. The molecule has 3 rings (SSSR count). The van der Waals surface area contributed by atoms with E-state index in [0.717, 1.165) is 5.56 Å². The molecule has 0 radical (unpaired) electrons. The van der Waals surface area contributed by atoms with Crippen molar-refractivity contribution in [2.45, 2.75) is 30.7 Å². The van der Waals surface area contributed by atoms with Crippen molar-refractivity contribution in [1.29, 1.82) is 0 Å². The predicted molar refractivity (Wildman–Crippen MR) is 95.2 cm³/mol. The number of ether oxygens (including phenoxy) is 1. The van der Waals surface area contributed by atoms with Gasteiger partial charge in [0.25, 0.3) is 0 Å². The summed E-state index contributed by atoms with van der Waals surface area (Å²) in [4.78, 5) is 25.6. The van der Waals surface area contributed by atoms with Crippen LogP contribution in [-0.4, -0.2) is 26.8 Å². The molecule has 0 aromatic heterocycles. The van der Waals surface area contributed by atoms with E-state index in [0.29, 0.717) is 5.56 Å². The minimum atomic E-state index is -3.92. The summed E-state index contributed by atoms with van der Waals surface area (Å²) in [5.74, 6) is -1.13. The van der Waals surface area contributed by atoms with E-state index in [1.807, 2.05) is 0 Å². The van der Waals surface area contributed by atoms with Crippen molar-refractivity contribution in [3.63, 3.8) is 0 Å². The van der Waals surface area contributed by atoms with Crippen LogP contribution in [0.5, 0.6) is 0 Å². The number of hydrogen-bond acceptors (Lipinski definition) is 5. The second-order valence-electron chi connectivity index (χ2n) is 6.20. The monoisotopic (exact) mass is 373 g/mol. The summed E-state index contributed by atoms with van der Waals surface area (Å²) in [6.45, 7) is 3.49. The maximum Gasteiger partial charge on any atom is 0.332 e. The Morgan fingerprint density at radius 3 is 2.46 bits per heavy atom. The number of fused-ring (bicyclic) bond motifs is 1. The minimum Gasteiger partial charge on any atom is -0.464 e. The number of Topliss-reactive ketones (excluding diaryl/α,β-unsaturated/α-hetero) is 1. The zero-order valence-corrected chi connectivity index (χ0v) is 15.3. The topological polar surface area (TPSA) is 89.5 Å². The van der Waals surface area contributed by atoms with Gasteiger partial charge in [-0.3, -0.25) is 4.79 Å². The fourth-order valence-electron chi connectivity index (χ4n) is 3.13. The van der Waals surface area contributed by atoms with Crippen LogP contribution in [0.3, 0.4) is 0 Å². The number of esters is 1. The highest BCUT2D eigenvalue weighted by molar-refractivity contribution is 7.90. The lowest BCUT2D eigenvalue weighted by atomic mass is 9.84. The van der Waals surface area contributed by atoms with Crippen LogP contribution in [-0.2, 0) is 25.1 Å². The predicted octanol–water partition coefficient (Wildman–Crippen LogP) is 2.32. The Morgan fingerprint density at radius 2 is 1.81 bits per heavy atom. The molecule has 0 aliphatic carbocycles. The van der Waals surface area contributed by atoms with Crippen molar-refractivity contribution in [3.8, 4) is 0 Å². The Kier molecular flexibility index (Phi) is 4.68. The Bertz CT molecular complexity index is 969. The molecule has 0 fully saturated rings. The van der Waals surface area contributed by atoms with E-state index < -0.39 is 21.5 Å². The first-order chi connectivity index (χ1) is 12.3. The summed E-state index contributed by atoms with van der Waals surface area (Å²) >= 11 is 0. The van der Waals surface area contributed by atoms with E-state index in [9.17, 15) is 18.0 Å². The molecule has 0 unspecified atom stereocenters. The Morgan fingerprint density at radius 1 is 1.12 bits per heavy atom. The number of rotatable bonds is 5. The van der Waals surface area contributed by atoms with Gasteiger partial charge >= 0.3 is 5.97 Å². The zero-order chi connectivity index (χ0) is 18.9. The number of ketones is 1. The third kappa shape index (κ3) is 3.04. The van der Waals surface area contributed by atoms with Crippen LogP contribution in [0, 0.1) is 6.92 Å². The highest BCUT2D eigenvalue weighted by atomic mass is 32.2. The Balaban J connectivity index is 2.15. The molecule has 6 nitrogen and oxygen atoms in total. The van der Waals surface area contributed by atoms with E-state index in [2.05, 4.69) is 4.72 Å². The molecule has 2 aromatic carbocycles. The van der Waals surface area contributed by atoms with Gasteiger partial charge in [0, 0.05) is 17.5 Å². The highest BCUT2D eigenvalue weighted by Crippen LogP contribution is 2.40. The molecule has 0 saturated heterocycles. The lowest BCUT2D eigenvalue weighted by Gasteiger charge is -2.26. The van der Waals surface area contributed by atoms with E-state index in [4.69, 9.17) is 4.74 Å². The van der Waals surface area contributed by atoms with E-state index in [-0.39, 0.29) is 29.3 Å². The van der Waals surface area contributed by atoms with Gasteiger partial charge in [-0.15, -0.1) is 0 Å². The number of sulfonamides is 1. The van der Waals surface area contributed by atoms with Crippen LogP contribution in [0.15, 0.2) is 53.4 Å². The minimum absolute atomic E-state index is 0.00276. The lowest BCUT2D eigenvalue weighted by molar-refractivity contribution is -0.150. The maximum atomic E-state index is 12.8. The van der Waals surface area contributed by atoms with Crippen molar-refractivity contribution in [3.05, 3.63) is 65.2 Å². The van der Waals surface area contributed by atoms with Crippen molar-refractivity contribution in [2.24, 2.45) is 0 Å². The van der Waals surface area contributed by atoms with Crippen molar-refractivity contribution >= 4 is 21.8 Å². The quantitative estimate of drug-likeness (QED) is 0.642. The van der Waals surface area contributed by atoms with Gasteiger partial charge in [0.05, 0.1) is 11.5 Å². The number of hydrogen-bond donors (Lipinski definition) is 1. The number of benzene rings is 2. The largest absolute Gasteiger partial charge is 0.464 e. The molecule has 7 heteroatoms. The van der Waals surface area contributed by atoms with Gasteiger partial charge in [-0.1, -0.05) is 48.0 Å². The van der Waals surface area contributed by atoms with Crippen LogP contribution in [0.4, 0.5) is 0 Å². The lowest BCUT2D eigenvalue weighted by Crippen LogP contribution is -2.49. The van der Waals surface area contributed by atoms with E-state index in [1.54, 1.807) is 56.3 Å². The van der Waals surface area contributed by atoms with Gasteiger partial charge < -0.3 is 4.74 Å². The molecular weight excluding hydrogens is 354 g/mol. The molecule has 1 aliphatic heterocycles. The van der Waals surface area contributed by atoms with Gasteiger partial charge in [0.2, 0.25) is 10.0 Å². The van der Waals surface area contributed by atoms with Crippen molar-refractivity contribution in [2.75, 3.05) is 6.61 Å². The number of aryl methyl sites for hydroxylation is 1. The van der Waals surface area contributed by atoms with Crippen LogP contribution in [0.2, 0.25) is 0 Å². The summed E-state index contributed by atoms with van der Waals surface area (Å²) in [7, 11) is -3.92. The molecule has 0 spiro atoms. The molecule has 136 valence electrons. The summed E-state index contributed by atoms with van der Waals surface area (Å²) in [5, 5.41) is 0. The van der Waals surface area contributed by atoms with Crippen molar-refractivity contribution in [1.82, 2.24) is 4.72 Å². The average molecular weight is 373 g/mol. The molecule has 26 heavy (non-hydrogen) atoms. The van der Waals surface area contributed by atoms with Crippen LogP contribution in [0.25, 0.3) is 0 Å². The maximum absolute atomic E-state index is 12.8. The standard InChI is InChI=1S/C19H19NO5S/c1-3-25-18(22)19(12-16(21)14-7-5-4-6-8-14)15-11-13(2)9-10-17(15)26(23,24)20-19/h4-11,20H,3,12H2,1-2H3/t19-/m1/s1. The van der Waals surface area contributed by atoms with Crippen molar-refractivity contribution < 1.29 is 22.7 Å². The highest BCUT2D eigenvalue weighted by Gasteiger charge is 2.54. The van der Waals surface area contributed by atoms with Gasteiger partial charge in [0.1, 0.15) is 0 Å². The Labute approximate surface area is 152 Å². The molecule has 1 heterocycles. The number of carbonyl (C=O) groups is 2. The first kappa shape index (κ1) is 18.3. The first-order valence-corrected chi connectivity index (χ1v) is 9.69. The fraction of sp³-hybridized carbons (Fsp3) is 0.263. The molecule has 0 bridgehead atoms. The van der Waals surface area contributed by atoms with E-state index >= 15 is 0 Å². The zero-order valence-electron chi connectivity index (χ0n) is 14.5. The molecule has 0 saturated carbocycles. The summed E-state index contributed by atoms with van der Waals surface area (Å²) in [6.07, 6.45) is -0.356. The van der Waals surface area contributed by atoms with Gasteiger partial charge in [-0.25, -0.2) is 13.2 Å². The van der Waals surface area contributed by atoms with Crippen LogP contribution < -0.4 is 4.72 Å². The number of nitrogens with one attached hydrogen (secondary N) is 1. The smallest absolute Gasteiger partial charge is 0.332 e. The third-order valence-electron chi connectivity index (χ3n) is 4.34. The average Bonchev–Trinajstić information content (AvgIpc) is 2.83. The van der Waals surface area contributed by atoms with Gasteiger partial charge in [-0.2, -0.15) is 4.72 Å². The summed E-state index contributed by atoms with van der Waals surface area (Å²) < 4.78 is 32.7. The van der Waals surface area contributed by atoms with Gasteiger partial charge in [0.15, 0.2) is 11.3 Å². The second-order valence-corrected chi connectivity index (χ2v) is 7.85. The normalized spacial score (nSPS) is 20.4. The summed E-state index contributed by atoms with van der Waals surface area (Å²) in [6, 6.07) is 13.2. The van der Waals surface area contributed by atoms with E-state index in [1.165, 1.54) is 6.07 Å². The molecule has 1 atom stereocenters.